The predicted molar refractivity (Wildman–Crippen MR) is 124 cm³/mol. The van der Waals surface area contributed by atoms with Crippen LogP contribution in [0, 0.1) is 11.8 Å². The van der Waals surface area contributed by atoms with Crippen LogP contribution in [0.5, 0.6) is 5.75 Å². The number of ketones is 2. The molecule has 0 aliphatic heterocycles. The zero-order valence-corrected chi connectivity index (χ0v) is 19.8. The van der Waals surface area contributed by atoms with Crippen molar-refractivity contribution in [2.75, 3.05) is 14.1 Å². The van der Waals surface area contributed by atoms with Gasteiger partial charge in [0.05, 0.1) is 17.7 Å². The Hall–Kier alpha value is -3.21. The zero-order valence-electron chi connectivity index (χ0n) is 19.8. The molecule has 1 unspecified atom stereocenters. The number of carbonyl (C=O) groups is 3. The third-order valence-corrected chi connectivity index (χ3v) is 7.53. The number of amides is 1. The van der Waals surface area contributed by atoms with Crippen LogP contribution in [0.2, 0.25) is 0 Å². The van der Waals surface area contributed by atoms with Crippen LogP contribution in [0.15, 0.2) is 34.8 Å². The van der Waals surface area contributed by atoms with Gasteiger partial charge in [0.2, 0.25) is 5.78 Å². The number of aliphatic hydroxyl groups excluding tert-OH is 3. The quantitative estimate of drug-likeness (QED) is 0.322. The van der Waals surface area contributed by atoms with Crippen molar-refractivity contribution in [1.29, 1.82) is 0 Å². The molecule has 188 valence electrons. The maximum absolute atomic E-state index is 13.6. The number of benzene rings is 1. The number of phenolic OH excluding ortho intramolecular Hbond substituents is 1. The lowest BCUT2D eigenvalue weighted by Crippen LogP contribution is -2.63. The van der Waals surface area contributed by atoms with E-state index in [0.717, 1.165) is 5.56 Å². The van der Waals surface area contributed by atoms with E-state index in [-0.39, 0.29) is 29.7 Å². The number of primary amides is 1. The summed E-state index contributed by atoms with van der Waals surface area (Å²) >= 11 is 0. The lowest BCUT2D eigenvalue weighted by Gasteiger charge is -2.50. The smallest absolute Gasteiger partial charge is 0.255 e. The number of phenols is 1. The fourth-order valence-corrected chi connectivity index (χ4v) is 5.91. The van der Waals surface area contributed by atoms with Gasteiger partial charge in [-0.1, -0.05) is 6.07 Å². The average molecular weight is 487 g/mol. The Morgan fingerprint density at radius 3 is 2.46 bits per heavy atom. The van der Waals surface area contributed by atoms with Gasteiger partial charge in [0.15, 0.2) is 11.4 Å². The van der Waals surface area contributed by atoms with E-state index in [0.29, 0.717) is 18.4 Å². The highest BCUT2D eigenvalue weighted by Gasteiger charge is 2.63. The van der Waals surface area contributed by atoms with Crippen LogP contribution in [0.4, 0.5) is 0 Å². The first-order valence-electron chi connectivity index (χ1n) is 11.5. The zero-order chi connectivity index (χ0) is 26.0. The van der Waals surface area contributed by atoms with Crippen molar-refractivity contribution >= 4 is 17.5 Å². The van der Waals surface area contributed by atoms with Crippen LogP contribution in [0.3, 0.4) is 0 Å². The first kappa shape index (κ1) is 24.9. The number of aromatic hydroxyl groups is 1. The summed E-state index contributed by atoms with van der Waals surface area (Å²) in [5.74, 6) is -6.70. The van der Waals surface area contributed by atoms with Gasteiger partial charge in [0.1, 0.15) is 22.8 Å². The normalized spacial score (nSPS) is 29.1. The molecule has 10 nitrogen and oxygen atoms in total. The number of allylic oxidation sites excluding steroid dienone is 1. The standard InChI is InChI=1S/C25H30N2O8/c1-10(28)4-5-11-6-7-15(29)17-13(11)8-12-9-14-19(27(2)3)21(31)18(24(26)34)23(33)25(14,35)22(32)16(12)20(17)30/h6-7,10,12,14,19,28-29,31-32,35H,4-5,8-9H2,1-3H3,(H2,26,34)/t10?,12-,14-,19-,25-/m0/s1. The van der Waals surface area contributed by atoms with E-state index in [1.807, 2.05) is 0 Å². The summed E-state index contributed by atoms with van der Waals surface area (Å²) in [6, 6.07) is 2.03. The number of hydrogen-bond donors (Lipinski definition) is 6. The molecule has 4 rings (SSSR count). The predicted octanol–water partition coefficient (Wildman–Crippen LogP) is 0.434. The van der Waals surface area contributed by atoms with Gasteiger partial charge in [-0.05, 0) is 69.8 Å². The van der Waals surface area contributed by atoms with E-state index in [4.69, 9.17) is 5.73 Å². The Bertz CT molecular complexity index is 1200. The molecule has 10 heteroatoms. The molecular formula is C25H30N2O8. The molecule has 0 aromatic heterocycles. The number of fused-ring (bicyclic) bond motifs is 3. The monoisotopic (exact) mass is 486 g/mol. The number of nitrogens with two attached hydrogens (primary N) is 1. The Labute approximate surface area is 202 Å². The SMILES string of the molecule is CC(O)CCc1ccc(O)c2c1C[C@H]1C[C@H]3[C@H](N(C)C)C(O)=C(C(N)=O)C(=O)[C@@]3(O)C(O)=C1C2=O. The van der Waals surface area contributed by atoms with E-state index in [2.05, 4.69) is 0 Å². The molecule has 0 saturated heterocycles. The van der Waals surface area contributed by atoms with Crippen LogP contribution < -0.4 is 5.73 Å². The van der Waals surface area contributed by atoms with Crippen molar-refractivity contribution in [1.82, 2.24) is 4.90 Å². The molecule has 7 N–H and O–H groups in total. The minimum Gasteiger partial charge on any atom is -0.510 e. The lowest BCUT2D eigenvalue weighted by molar-refractivity contribution is -0.148. The van der Waals surface area contributed by atoms with E-state index in [1.54, 1.807) is 27.1 Å². The number of nitrogens with zero attached hydrogens (tertiary/aromatic N) is 1. The van der Waals surface area contributed by atoms with Crippen molar-refractivity contribution < 1.29 is 39.9 Å². The molecule has 5 atom stereocenters. The number of aliphatic hydroxyl groups is 4. The second-order valence-electron chi connectivity index (χ2n) is 9.95. The summed E-state index contributed by atoms with van der Waals surface area (Å²) < 4.78 is 0. The van der Waals surface area contributed by atoms with Crippen LogP contribution >= 0.6 is 0 Å². The fraction of sp³-hybridized carbons (Fsp3) is 0.480. The largest absolute Gasteiger partial charge is 0.510 e. The Morgan fingerprint density at radius 1 is 1.23 bits per heavy atom. The summed E-state index contributed by atoms with van der Waals surface area (Å²) in [7, 11) is 3.17. The van der Waals surface area contributed by atoms with Crippen LogP contribution in [0.25, 0.3) is 0 Å². The number of hydrogen-bond acceptors (Lipinski definition) is 9. The van der Waals surface area contributed by atoms with Crippen molar-refractivity contribution in [3.63, 3.8) is 0 Å². The van der Waals surface area contributed by atoms with E-state index < -0.39 is 64.1 Å². The first-order valence-corrected chi connectivity index (χ1v) is 11.5. The van der Waals surface area contributed by atoms with Crippen LogP contribution in [-0.2, 0) is 22.4 Å². The van der Waals surface area contributed by atoms with E-state index >= 15 is 0 Å². The average Bonchev–Trinajstić information content (AvgIpc) is 2.75. The van der Waals surface area contributed by atoms with E-state index in [1.165, 1.54) is 11.0 Å². The highest BCUT2D eigenvalue weighted by molar-refractivity contribution is 6.24. The molecule has 0 bridgehead atoms. The molecule has 1 amide bonds. The summed E-state index contributed by atoms with van der Waals surface area (Å²) in [5.41, 5.74) is 2.99. The molecular weight excluding hydrogens is 456 g/mol. The minimum absolute atomic E-state index is 0.0196. The second kappa shape index (κ2) is 8.47. The Balaban J connectivity index is 1.91. The van der Waals surface area contributed by atoms with Gasteiger partial charge in [-0.25, -0.2) is 0 Å². The van der Waals surface area contributed by atoms with Gasteiger partial charge in [0.25, 0.3) is 5.91 Å². The van der Waals surface area contributed by atoms with Crippen LogP contribution in [0.1, 0.15) is 41.3 Å². The molecule has 35 heavy (non-hydrogen) atoms. The van der Waals surface area contributed by atoms with Gasteiger partial charge >= 0.3 is 0 Å². The summed E-state index contributed by atoms with van der Waals surface area (Å²) in [6.45, 7) is 1.65. The van der Waals surface area contributed by atoms with Crippen molar-refractivity contribution in [2.45, 2.75) is 50.4 Å². The first-order chi connectivity index (χ1) is 16.3. The molecule has 1 aromatic rings. The van der Waals surface area contributed by atoms with Gasteiger partial charge in [0, 0.05) is 11.5 Å². The number of Topliss-reactive ketones (excluding diaryl/α,β-unsaturated/α-hetero) is 2. The summed E-state index contributed by atoms with van der Waals surface area (Å²) in [5, 5.41) is 53.8. The maximum Gasteiger partial charge on any atom is 0.255 e. The molecule has 0 heterocycles. The van der Waals surface area contributed by atoms with Crippen LogP contribution in [-0.4, -0.2) is 79.7 Å². The van der Waals surface area contributed by atoms with E-state index in [9.17, 15) is 39.9 Å². The Morgan fingerprint density at radius 2 is 1.89 bits per heavy atom. The minimum atomic E-state index is -2.65. The summed E-state index contributed by atoms with van der Waals surface area (Å²) in [4.78, 5) is 40.3. The topological polar surface area (TPSA) is 182 Å². The number of likely N-dealkylation sites (N-methyl/N-ethyl adjacent to an activating group) is 1. The summed E-state index contributed by atoms with van der Waals surface area (Å²) in [6.07, 6.45) is 0.613. The van der Waals surface area contributed by atoms with Gasteiger partial charge in [-0.2, -0.15) is 0 Å². The molecule has 0 saturated carbocycles. The maximum atomic E-state index is 13.6. The highest BCUT2D eigenvalue weighted by Crippen LogP contribution is 2.52. The number of rotatable bonds is 5. The molecule has 1 aromatic carbocycles. The third-order valence-electron chi connectivity index (χ3n) is 7.53. The van der Waals surface area contributed by atoms with Gasteiger partial charge < -0.3 is 31.3 Å². The van der Waals surface area contributed by atoms with Gasteiger partial charge in [-0.15, -0.1) is 0 Å². The molecule has 3 aliphatic rings. The number of carbonyl (C=O) groups excluding carboxylic acids is 3. The molecule has 0 spiro atoms. The molecule has 0 radical (unpaired) electrons. The molecule has 3 aliphatic carbocycles. The number of aryl methyl sites for hydroxylation is 1. The van der Waals surface area contributed by atoms with Gasteiger partial charge in [-0.3, -0.25) is 19.3 Å². The Kier molecular flexibility index (Phi) is 6.03. The second-order valence-corrected chi connectivity index (χ2v) is 9.95. The highest BCUT2D eigenvalue weighted by atomic mass is 16.3. The van der Waals surface area contributed by atoms with Crippen molar-refractivity contribution in [3.8, 4) is 5.75 Å². The van der Waals surface area contributed by atoms with Crippen molar-refractivity contribution in [2.24, 2.45) is 17.6 Å². The molecule has 0 fully saturated rings. The third kappa shape index (κ3) is 3.55. The fourth-order valence-electron chi connectivity index (χ4n) is 5.91. The lowest BCUT2D eigenvalue weighted by atomic mass is 9.58. The van der Waals surface area contributed by atoms with Crippen molar-refractivity contribution in [3.05, 3.63) is 51.5 Å².